The van der Waals surface area contributed by atoms with E-state index >= 15 is 0 Å². The molecule has 0 aliphatic heterocycles. The minimum Gasteiger partial charge on any atom is -0.314 e. The van der Waals surface area contributed by atoms with Crippen molar-refractivity contribution in [1.82, 2.24) is 15.2 Å². The minimum absolute atomic E-state index is 0.701. The van der Waals surface area contributed by atoms with Crippen LogP contribution in [0.5, 0.6) is 0 Å². The van der Waals surface area contributed by atoms with Crippen molar-refractivity contribution in [3.63, 3.8) is 0 Å². The number of nitrogens with one attached hydrogen (secondary N) is 1. The molecule has 0 saturated heterocycles. The molecule has 3 atom stereocenters. The van der Waals surface area contributed by atoms with Gasteiger partial charge in [0.2, 0.25) is 0 Å². The molecule has 1 heterocycles. The van der Waals surface area contributed by atoms with Gasteiger partial charge in [0.15, 0.2) is 0 Å². The Hall–Kier alpha value is -0.930. The number of pyridine rings is 1. The van der Waals surface area contributed by atoms with Crippen LogP contribution in [0.15, 0.2) is 24.5 Å². The Kier molecular flexibility index (Phi) is 5.99. The van der Waals surface area contributed by atoms with Crippen LogP contribution in [0, 0.1) is 11.8 Å². The second-order valence-corrected chi connectivity index (χ2v) is 6.40. The topological polar surface area (TPSA) is 28.2 Å². The highest BCUT2D eigenvalue weighted by Crippen LogP contribution is 2.29. The monoisotopic (exact) mass is 275 g/mol. The van der Waals surface area contributed by atoms with Gasteiger partial charge in [-0.05, 0) is 56.3 Å². The van der Waals surface area contributed by atoms with E-state index in [1.54, 1.807) is 0 Å². The summed E-state index contributed by atoms with van der Waals surface area (Å²) >= 11 is 0. The summed E-state index contributed by atoms with van der Waals surface area (Å²) in [6, 6.07) is 4.88. The zero-order valence-electron chi connectivity index (χ0n) is 13.2. The number of aromatic nitrogens is 1. The molecular formula is C17H29N3. The van der Waals surface area contributed by atoms with E-state index in [1.807, 2.05) is 18.5 Å². The maximum absolute atomic E-state index is 4.20. The van der Waals surface area contributed by atoms with Crippen molar-refractivity contribution in [3.8, 4) is 0 Å². The normalized spacial score (nSPS) is 26.9. The van der Waals surface area contributed by atoms with Crippen molar-refractivity contribution in [2.45, 2.75) is 45.7 Å². The van der Waals surface area contributed by atoms with E-state index in [0.29, 0.717) is 6.04 Å². The van der Waals surface area contributed by atoms with E-state index in [4.69, 9.17) is 0 Å². The van der Waals surface area contributed by atoms with Gasteiger partial charge in [0.05, 0.1) is 0 Å². The van der Waals surface area contributed by atoms with Crippen molar-refractivity contribution < 1.29 is 0 Å². The molecule has 0 amide bonds. The van der Waals surface area contributed by atoms with Crippen LogP contribution in [-0.4, -0.2) is 36.1 Å². The Morgan fingerprint density at radius 1 is 1.40 bits per heavy atom. The molecule has 1 aliphatic rings. The molecule has 112 valence electrons. The Morgan fingerprint density at radius 3 is 2.95 bits per heavy atom. The van der Waals surface area contributed by atoms with Crippen molar-refractivity contribution in [3.05, 3.63) is 30.1 Å². The molecule has 0 aromatic carbocycles. The first-order chi connectivity index (χ1) is 9.69. The van der Waals surface area contributed by atoms with E-state index in [2.05, 4.69) is 42.2 Å². The fraction of sp³-hybridized carbons (Fsp3) is 0.706. The highest BCUT2D eigenvalue weighted by atomic mass is 15.1. The summed E-state index contributed by atoms with van der Waals surface area (Å²) in [5.41, 5.74) is 1.30. The molecule has 1 N–H and O–H groups in total. The van der Waals surface area contributed by atoms with E-state index in [9.17, 15) is 0 Å². The first-order valence-corrected chi connectivity index (χ1v) is 7.99. The molecule has 1 saturated carbocycles. The lowest BCUT2D eigenvalue weighted by Gasteiger charge is -2.37. The molecule has 3 unspecified atom stereocenters. The first-order valence-electron chi connectivity index (χ1n) is 7.99. The van der Waals surface area contributed by atoms with Crippen LogP contribution in [0.2, 0.25) is 0 Å². The third kappa shape index (κ3) is 4.57. The van der Waals surface area contributed by atoms with E-state index < -0.39 is 0 Å². The summed E-state index contributed by atoms with van der Waals surface area (Å²) in [5.74, 6) is 1.65. The zero-order valence-corrected chi connectivity index (χ0v) is 13.2. The number of hydrogen-bond donors (Lipinski definition) is 1. The quantitative estimate of drug-likeness (QED) is 0.865. The third-order valence-electron chi connectivity index (χ3n) is 4.43. The zero-order chi connectivity index (χ0) is 14.4. The van der Waals surface area contributed by atoms with Crippen LogP contribution in [0.3, 0.4) is 0 Å². The largest absolute Gasteiger partial charge is 0.314 e. The van der Waals surface area contributed by atoms with Crippen LogP contribution < -0.4 is 5.32 Å². The number of nitrogens with zero attached hydrogens (tertiary/aromatic N) is 2. The number of hydrogen-bond acceptors (Lipinski definition) is 3. The fourth-order valence-corrected chi connectivity index (χ4v) is 3.50. The minimum atomic E-state index is 0.701. The number of rotatable bonds is 6. The maximum Gasteiger partial charge on any atom is 0.0312 e. The summed E-state index contributed by atoms with van der Waals surface area (Å²) in [7, 11) is 2.23. The molecule has 0 radical (unpaired) electrons. The Bertz CT molecular complexity index is 379. The Morgan fingerprint density at radius 2 is 2.25 bits per heavy atom. The average molecular weight is 275 g/mol. The molecule has 2 rings (SSSR count). The summed E-state index contributed by atoms with van der Waals surface area (Å²) in [6.07, 6.45) is 7.88. The van der Waals surface area contributed by atoms with Gasteiger partial charge in [-0.25, -0.2) is 0 Å². The van der Waals surface area contributed by atoms with Crippen LogP contribution >= 0.6 is 0 Å². The molecule has 3 heteroatoms. The lowest BCUT2D eigenvalue weighted by Crippen LogP contribution is -2.44. The van der Waals surface area contributed by atoms with Crippen LogP contribution in [0.1, 0.15) is 38.7 Å². The molecule has 0 bridgehead atoms. The highest BCUT2D eigenvalue weighted by Gasteiger charge is 2.28. The van der Waals surface area contributed by atoms with E-state index in [0.717, 1.165) is 24.9 Å². The average Bonchev–Trinajstić information content (AvgIpc) is 2.43. The van der Waals surface area contributed by atoms with Crippen molar-refractivity contribution in [1.29, 1.82) is 0 Å². The van der Waals surface area contributed by atoms with E-state index in [1.165, 1.54) is 31.4 Å². The van der Waals surface area contributed by atoms with Crippen LogP contribution in [0.4, 0.5) is 0 Å². The van der Waals surface area contributed by atoms with Gasteiger partial charge in [-0.3, -0.25) is 4.98 Å². The second kappa shape index (κ2) is 7.75. The molecule has 1 aliphatic carbocycles. The van der Waals surface area contributed by atoms with Gasteiger partial charge >= 0.3 is 0 Å². The summed E-state index contributed by atoms with van der Waals surface area (Å²) in [4.78, 5) is 6.65. The van der Waals surface area contributed by atoms with Gasteiger partial charge in [-0.2, -0.15) is 0 Å². The van der Waals surface area contributed by atoms with Gasteiger partial charge in [-0.15, -0.1) is 0 Å². The van der Waals surface area contributed by atoms with Gasteiger partial charge in [-0.1, -0.05) is 19.9 Å². The molecule has 1 fully saturated rings. The lowest BCUT2D eigenvalue weighted by atomic mass is 9.78. The molecule has 1 aromatic heterocycles. The molecular weight excluding hydrogens is 246 g/mol. The van der Waals surface area contributed by atoms with Gasteiger partial charge < -0.3 is 10.2 Å². The predicted molar refractivity (Wildman–Crippen MR) is 84.5 cm³/mol. The molecule has 0 spiro atoms. The van der Waals surface area contributed by atoms with E-state index in [-0.39, 0.29) is 0 Å². The molecule has 20 heavy (non-hydrogen) atoms. The van der Waals surface area contributed by atoms with Gasteiger partial charge in [0.1, 0.15) is 0 Å². The molecule has 1 aromatic rings. The van der Waals surface area contributed by atoms with Crippen molar-refractivity contribution in [2.75, 3.05) is 20.1 Å². The standard InChI is InChI=1S/C17H29N3/c1-4-19-17-8-7-14(2)10-16(17)13-20(3)12-15-6-5-9-18-11-15/h5-6,9,11,14,16-17,19H,4,7-8,10,12-13H2,1-3H3. The lowest BCUT2D eigenvalue weighted by molar-refractivity contribution is 0.158. The predicted octanol–water partition coefficient (Wildman–Crippen LogP) is 2.93. The summed E-state index contributed by atoms with van der Waals surface area (Å²) in [5, 5.41) is 3.69. The van der Waals surface area contributed by atoms with Crippen LogP contribution in [-0.2, 0) is 6.54 Å². The third-order valence-corrected chi connectivity index (χ3v) is 4.43. The Labute approximate surface area is 123 Å². The fourth-order valence-electron chi connectivity index (χ4n) is 3.50. The van der Waals surface area contributed by atoms with Crippen LogP contribution in [0.25, 0.3) is 0 Å². The Balaban J connectivity index is 1.88. The van der Waals surface area contributed by atoms with Gasteiger partial charge in [0.25, 0.3) is 0 Å². The SMILES string of the molecule is CCNC1CCC(C)CC1CN(C)Cc1cccnc1. The van der Waals surface area contributed by atoms with Crippen molar-refractivity contribution >= 4 is 0 Å². The summed E-state index contributed by atoms with van der Waals surface area (Å²) in [6.45, 7) is 7.88. The molecule has 3 nitrogen and oxygen atoms in total. The second-order valence-electron chi connectivity index (χ2n) is 6.40. The maximum atomic E-state index is 4.20. The smallest absolute Gasteiger partial charge is 0.0312 e. The highest BCUT2D eigenvalue weighted by molar-refractivity contribution is 5.08. The van der Waals surface area contributed by atoms with Crippen molar-refractivity contribution in [2.24, 2.45) is 11.8 Å². The first kappa shape index (κ1) is 15.5. The summed E-state index contributed by atoms with van der Waals surface area (Å²) < 4.78 is 0. The van der Waals surface area contributed by atoms with Gasteiger partial charge in [0, 0.05) is 31.5 Å².